The molecule has 12 heteroatoms. The van der Waals surface area contributed by atoms with E-state index in [1.54, 1.807) is 12.5 Å². The fourth-order valence-corrected chi connectivity index (χ4v) is 4.58. The number of nitrogens with zero attached hydrogens (tertiary/aromatic N) is 7. The second-order valence-electron chi connectivity index (χ2n) is 7.01. The highest BCUT2D eigenvalue weighted by atomic mass is 32.2. The monoisotopic (exact) mass is 444 g/mol. The Morgan fingerprint density at radius 1 is 1.33 bits per heavy atom. The zero-order valence-electron chi connectivity index (χ0n) is 15.6. The maximum absolute atomic E-state index is 13.0. The number of benzene rings is 1. The Balaban J connectivity index is 1.62. The predicted molar refractivity (Wildman–Crippen MR) is 108 cm³/mol. The van der Waals surface area contributed by atoms with Gasteiger partial charge in [0.15, 0.2) is 5.01 Å². The van der Waals surface area contributed by atoms with Crippen molar-refractivity contribution in [2.75, 3.05) is 0 Å². The van der Waals surface area contributed by atoms with Crippen molar-refractivity contribution in [3.05, 3.63) is 35.9 Å². The van der Waals surface area contributed by atoms with Gasteiger partial charge in [-0.15, -0.1) is 10.2 Å². The van der Waals surface area contributed by atoms with E-state index in [4.69, 9.17) is 0 Å². The van der Waals surface area contributed by atoms with Crippen LogP contribution in [0.15, 0.2) is 35.7 Å². The van der Waals surface area contributed by atoms with Crippen LogP contribution in [0.2, 0.25) is 0 Å². The lowest BCUT2D eigenvalue weighted by Crippen LogP contribution is -2.22. The van der Waals surface area contributed by atoms with Crippen LogP contribution >= 0.6 is 23.3 Å². The predicted octanol–water partition coefficient (Wildman–Crippen LogP) is 3.87. The Labute approximate surface area is 177 Å². The van der Waals surface area contributed by atoms with E-state index in [2.05, 4.69) is 31.1 Å². The van der Waals surface area contributed by atoms with Crippen LogP contribution in [0.3, 0.4) is 0 Å². The number of halogens is 2. The van der Waals surface area contributed by atoms with Crippen molar-refractivity contribution in [3.63, 3.8) is 0 Å². The lowest BCUT2D eigenvalue weighted by molar-refractivity contribution is 0.150. The van der Waals surface area contributed by atoms with E-state index in [-0.39, 0.29) is 10.1 Å². The summed E-state index contributed by atoms with van der Waals surface area (Å²) in [6, 6.07) is 6.17. The van der Waals surface area contributed by atoms with Crippen molar-refractivity contribution in [2.24, 2.45) is 7.05 Å². The van der Waals surface area contributed by atoms with Gasteiger partial charge in [-0.05, 0) is 36.9 Å². The van der Waals surface area contributed by atoms with Crippen LogP contribution in [0.4, 0.5) is 8.78 Å². The first-order chi connectivity index (χ1) is 14.5. The van der Waals surface area contributed by atoms with E-state index in [0.717, 1.165) is 45.7 Å². The molecule has 30 heavy (non-hydrogen) atoms. The van der Waals surface area contributed by atoms with Crippen LogP contribution in [0.5, 0.6) is 0 Å². The van der Waals surface area contributed by atoms with Crippen molar-refractivity contribution in [3.8, 4) is 22.5 Å². The van der Waals surface area contributed by atoms with E-state index < -0.39 is 12.0 Å². The van der Waals surface area contributed by atoms with Gasteiger partial charge in [0.25, 0.3) is 6.43 Å². The van der Waals surface area contributed by atoms with Crippen LogP contribution in [0, 0.1) is 11.3 Å². The molecule has 1 fully saturated rings. The average molecular weight is 444 g/mol. The number of hydrogen-bond acceptors (Lipinski definition) is 8. The van der Waals surface area contributed by atoms with E-state index in [1.807, 2.05) is 29.9 Å². The molecule has 0 amide bonds. The molecule has 1 saturated carbocycles. The number of nitrogens with one attached hydrogen (secondary N) is 1. The van der Waals surface area contributed by atoms with Crippen molar-refractivity contribution in [1.29, 1.82) is 5.26 Å². The van der Waals surface area contributed by atoms with Crippen molar-refractivity contribution in [2.45, 2.75) is 29.7 Å². The zero-order valence-corrected chi connectivity index (χ0v) is 17.2. The minimum Gasteiger partial charge on any atom is -0.340 e. The zero-order chi connectivity index (χ0) is 20.9. The maximum atomic E-state index is 13.0. The summed E-state index contributed by atoms with van der Waals surface area (Å²) in [5, 5.41) is 21.9. The largest absolute Gasteiger partial charge is 0.340 e. The molecule has 1 aliphatic rings. The fraction of sp³-hybridized carbons (Fsp3) is 0.278. The highest BCUT2D eigenvalue weighted by molar-refractivity contribution is 7.97. The van der Waals surface area contributed by atoms with Crippen molar-refractivity contribution < 1.29 is 8.78 Å². The average Bonchev–Trinajstić information content (AvgIpc) is 3.08. The standard InChI is InChI=1S/C18H14F2N8S2/c1-27-7-13(22-9-27)11-4-10(30-26-18(8-21)2-3-18)5-14-12(11)6-23-28(14)17-25-24-16(29-17)15(19)20/h4-7,9,15,26H,2-3H2,1H3. The van der Waals surface area contributed by atoms with Gasteiger partial charge in [0.1, 0.15) is 5.54 Å². The van der Waals surface area contributed by atoms with Crippen molar-refractivity contribution in [1.82, 2.24) is 34.3 Å². The van der Waals surface area contributed by atoms with E-state index in [0.29, 0.717) is 5.52 Å². The van der Waals surface area contributed by atoms with Gasteiger partial charge in [-0.1, -0.05) is 11.3 Å². The van der Waals surface area contributed by atoms with Crippen LogP contribution in [0.1, 0.15) is 24.3 Å². The molecule has 152 valence electrons. The van der Waals surface area contributed by atoms with Gasteiger partial charge < -0.3 is 4.57 Å². The third-order valence-corrected chi connectivity index (χ3v) is 6.64. The second-order valence-corrected chi connectivity index (χ2v) is 8.87. The minimum absolute atomic E-state index is 0.262. The van der Waals surface area contributed by atoms with Gasteiger partial charge in [0.2, 0.25) is 5.13 Å². The number of fused-ring (bicyclic) bond motifs is 1. The van der Waals surface area contributed by atoms with Crippen LogP contribution in [-0.4, -0.2) is 35.1 Å². The number of hydrogen-bond donors (Lipinski definition) is 1. The molecule has 0 bridgehead atoms. The summed E-state index contributed by atoms with van der Waals surface area (Å²) in [5.41, 5.74) is 1.82. The van der Waals surface area contributed by atoms with Gasteiger partial charge in [-0.3, -0.25) is 0 Å². The number of nitriles is 1. The second kappa shape index (κ2) is 7.12. The molecule has 8 nitrogen and oxygen atoms in total. The molecule has 0 saturated heterocycles. The molecule has 5 rings (SSSR count). The van der Waals surface area contributed by atoms with Crippen LogP contribution in [0.25, 0.3) is 27.3 Å². The van der Waals surface area contributed by atoms with Gasteiger partial charge in [-0.25, -0.2) is 23.2 Å². The maximum Gasteiger partial charge on any atom is 0.291 e. The molecular formula is C18H14F2N8S2. The first-order valence-electron chi connectivity index (χ1n) is 8.95. The molecule has 3 aromatic heterocycles. The molecule has 0 aliphatic heterocycles. The molecule has 1 N–H and O–H groups in total. The van der Waals surface area contributed by atoms with Crippen LogP contribution in [-0.2, 0) is 7.05 Å². The quantitative estimate of drug-likeness (QED) is 0.451. The van der Waals surface area contributed by atoms with E-state index >= 15 is 0 Å². The molecule has 4 aromatic rings. The lowest BCUT2D eigenvalue weighted by atomic mass is 10.1. The third-order valence-electron chi connectivity index (χ3n) is 4.77. The van der Waals surface area contributed by atoms with Crippen LogP contribution < -0.4 is 4.72 Å². The molecule has 0 unspecified atom stereocenters. The minimum atomic E-state index is -2.68. The first kappa shape index (κ1) is 19.1. The highest BCUT2D eigenvalue weighted by Crippen LogP contribution is 2.39. The number of alkyl halides is 2. The smallest absolute Gasteiger partial charge is 0.291 e. The summed E-state index contributed by atoms with van der Waals surface area (Å²) in [7, 11) is 1.88. The number of rotatable bonds is 6. The van der Waals surface area contributed by atoms with Gasteiger partial charge in [-0.2, -0.15) is 10.4 Å². The Morgan fingerprint density at radius 2 is 2.17 bits per heavy atom. The molecule has 1 aromatic carbocycles. The fourth-order valence-electron chi connectivity index (χ4n) is 2.99. The SMILES string of the molecule is Cn1cnc(-c2cc(SNC3(C#N)CC3)cc3c2cnn3-c2nnc(C(F)F)s2)c1. The summed E-state index contributed by atoms with van der Waals surface area (Å²) >= 11 is 2.16. The Bertz CT molecular complexity index is 1280. The summed E-state index contributed by atoms with van der Waals surface area (Å²) in [6.07, 6.45) is 4.21. The number of aryl methyl sites for hydroxylation is 1. The summed E-state index contributed by atoms with van der Waals surface area (Å²) in [5.74, 6) is 0. The topological polar surface area (TPSA) is 97.2 Å². The number of aromatic nitrogens is 6. The molecule has 3 heterocycles. The Hall–Kier alpha value is -2.88. The molecule has 0 spiro atoms. The highest BCUT2D eigenvalue weighted by Gasteiger charge is 2.43. The molecule has 0 atom stereocenters. The van der Waals surface area contributed by atoms with Crippen molar-refractivity contribution >= 4 is 34.2 Å². The van der Waals surface area contributed by atoms with E-state index in [1.165, 1.54) is 16.6 Å². The molecular weight excluding hydrogens is 430 g/mol. The lowest BCUT2D eigenvalue weighted by Gasteiger charge is -2.10. The third kappa shape index (κ3) is 3.34. The summed E-state index contributed by atoms with van der Waals surface area (Å²) < 4.78 is 32.5. The van der Waals surface area contributed by atoms with E-state index in [9.17, 15) is 14.0 Å². The molecule has 1 aliphatic carbocycles. The Morgan fingerprint density at radius 3 is 2.80 bits per heavy atom. The van der Waals surface area contributed by atoms with Gasteiger partial charge in [0.05, 0.1) is 29.8 Å². The van der Waals surface area contributed by atoms with Gasteiger partial charge in [0, 0.05) is 29.1 Å². The number of imidazole rings is 1. The normalized spacial score (nSPS) is 15.0. The summed E-state index contributed by atoms with van der Waals surface area (Å²) in [6.45, 7) is 0. The Kier molecular flexibility index (Phi) is 4.53. The molecule has 0 radical (unpaired) electrons. The van der Waals surface area contributed by atoms with Gasteiger partial charge >= 0.3 is 0 Å². The summed E-state index contributed by atoms with van der Waals surface area (Å²) in [4.78, 5) is 5.30. The first-order valence-corrected chi connectivity index (χ1v) is 10.6.